The van der Waals surface area contributed by atoms with Crippen LogP contribution in [-0.2, 0) is 11.2 Å². The van der Waals surface area contributed by atoms with Gasteiger partial charge in [-0.05, 0) is 55.9 Å². The molecular formula is C17H23N3O. The maximum absolute atomic E-state index is 12.6. The van der Waals surface area contributed by atoms with Crippen LogP contribution < -0.4 is 10.2 Å². The van der Waals surface area contributed by atoms with Crippen molar-refractivity contribution in [2.45, 2.75) is 12.8 Å². The summed E-state index contributed by atoms with van der Waals surface area (Å²) in [5.41, 5.74) is 2.43. The molecule has 0 saturated carbocycles. The number of rotatable bonds is 2. The van der Waals surface area contributed by atoms with E-state index >= 15 is 0 Å². The van der Waals surface area contributed by atoms with E-state index in [9.17, 15) is 4.79 Å². The monoisotopic (exact) mass is 285 g/mol. The Morgan fingerprint density at radius 2 is 2.05 bits per heavy atom. The molecule has 1 aromatic carbocycles. The summed E-state index contributed by atoms with van der Waals surface area (Å²) in [6.07, 6.45) is 2.23. The van der Waals surface area contributed by atoms with E-state index in [1.54, 1.807) is 0 Å². The molecule has 3 heterocycles. The van der Waals surface area contributed by atoms with Crippen molar-refractivity contribution in [3.05, 3.63) is 29.8 Å². The molecule has 4 heteroatoms. The summed E-state index contributed by atoms with van der Waals surface area (Å²) < 4.78 is 0. The summed E-state index contributed by atoms with van der Waals surface area (Å²) in [5.74, 6) is 1.85. The molecule has 4 nitrogen and oxygen atoms in total. The lowest BCUT2D eigenvalue weighted by atomic mass is 9.89. The van der Waals surface area contributed by atoms with Gasteiger partial charge in [0.05, 0.1) is 6.54 Å². The number of piperidine rings is 1. The molecule has 4 rings (SSSR count). The summed E-state index contributed by atoms with van der Waals surface area (Å²) in [6, 6.07) is 8.30. The molecule has 0 aliphatic carbocycles. The van der Waals surface area contributed by atoms with E-state index in [1.165, 1.54) is 18.5 Å². The molecule has 3 aliphatic rings. The average Bonchev–Trinajstić information content (AvgIpc) is 3.13. The second-order valence-corrected chi connectivity index (χ2v) is 6.63. The summed E-state index contributed by atoms with van der Waals surface area (Å²) in [4.78, 5) is 17.0. The van der Waals surface area contributed by atoms with Gasteiger partial charge in [0, 0.05) is 18.8 Å². The standard InChI is InChI=1S/C17H23N3O/c21-17(20-8-6-13-3-1-2-4-16(13)20)12-19-7-5-14-9-18-10-15(14)11-19/h1-4,14-15,18H,5-12H2. The number of likely N-dealkylation sites (tertiary alicyclic amines) is 1. The van der Waals surface area contributed by atoms with Gasteiger partial charge in [-0.15, -0.1) is 0 Å². The van der Waals surface area contributed by atoms with Crippen molar-refractivity contribution in [1.29, 1.82) is 0 Å². The highest BCUT2D eigenvalue weighted by Gasteiger charge is 2.34. The van der Waals surface area contributed by atoms with Crippen molar-refractivity contribution in [1.82, 2.24) is 10.2 Å². The lowest BCUT2D eigenvalue weighted by molar-refractivity contribution is -0.120. The molecule has 2 unspecified atom stereocenters. The molecule has 3 aliphatic heterocycles. The number of nitrogens with one attached hydrogen (secondary N) is 1. The number of para-hydroxylation sites is 1. The predicted molar refractivity (Wildman–Crippen MR) is 83.4 cm³/mol. The van der Waals surface area contributed by atoms with Gasteiger partial charge in [-0.1, -0.05) is 18.2 Å². The Labute approximate surface area is 126 Å². The van der Waals surface area contributed by atoms with Gasteiger partial charge in [0.25, 0.3) is 0 Å². The van der Waals surface area contributed by atoms with Gasteiger partial charge in [-0.25, -0.2) is 0 Å². The van der Waals surface area contributed by atoms with Gasteiger partial charge in [0.1, 0.15) is 0 Å². The number of nitrogens with zero attached hydrogens (tertiary/aromatic N) is 2. The van der Waals surface area contributed by atoms with Gasteiger partial charge < -0.3 is 10.2 Å². The van der Waals surface area contributed by atoms with Crippen LogP contribution in [0.3, 0.4) is 0 Å². The lowest BCUT2D eigenvalue weighted by Gasteiger charge is -2.34. The zero-order valence-electron chi connectivity index (χ0n) is 12.4. The summed E-state index contributed by atoms with van der Waals surface area (Å²) in [6.45, 7) is 5.88. The average molecular weight is 285 g/mol. The van der Waals surface area contributed by atoms with Gasteiger partial charge >= 0.3 is 0 Å². The Kier molecular flexibility index (Phi) is 3.43. The first-order valence-corrected chi connectivity index (χ1v) is 8.12. The summed E-state index contributed by atoms with van der Waals surface area (Å²) >= 11 is 0. The second-order valence-electron chi connectivity index (χ2n) is 6.63. The van der Waals surface area contributed by atoms with Gasteiger partial charge in [-0.3, -0.25) is 9.69 Å². The summed E-state index contributed by atoms with van der Waals surface area (Å²) in [7, 11) is 0. The van der Waals surface area contributed by atoms with Crippen LogP contribution in [0.15, 0.2) is 24.3 Å². The zero-order chi connectivity index (χ0) is 14.2. The third kappa shape index (κ3) is 2.47. The van der Waals surface area contributed by atoms with E-state index in [1.807, 2.05) is 11.0 Å². The van der Waals surface area contributed by atoms with Crippen LogP contribution >= 0.6 is 0 Å². The topological polar surface area (TPSA) is 35.6 Å². The van der Waals surface area contributed by atoms with E-state index in [-0.39, 0.29) is 5.91 Å². The van der Waals surface area contributed by atoms with Crippen molar-refractivity contribution in [2.75, 3.05) is 44.2 Å². The molecule has 0 radical (unpaired) electrons. The Bertz CT molecular complexity index is 545. The fourth-order valence-corrected chi connectivity index (χ4v) is 4.13. The molecule has 1 N–H and O–H groups in total. The first-order chi connectivity index (χ1) is 10.3. The number of hydrogen-bond acceptors (Lipinski definition) is 3. The van der Waals surface area contributed by atoms with Crippen molar-refractivity contribution < 1.29 is 4.79 Å². The maximum Gasteiger partial charge on any atom is 0.241 e. The fourth-order valence-electron chi connectivity index (χ4n) is 4.13. The minimum absolute atomic E-state index is 0.268. The van der Waals surface area contributed by atoms with Crippen LogP contribution in [0.1, 0.15) is 12.0 Å². The van der Waals surface area contributed by atoms with Gasteiger partial charge in [0.2, 0.25) is 5.91 Å². The SMILES string of the molecule is O=C(CN1CCC2CNCC2C1)N1CCc2ccccc21. The molecule has 112 valence electrons. The molecule has 1 aromatic rings. The molecule has 2 saturated heterocycles. The minimum atomic E-state index is 0.268. The predicted octanol–water partition coefficient (Wildman–Crippen LogP) is 1.12. The normalized spacial score (nSPS) is 28.5. The number of carbonyl (C=O) groups excluding carboxylic acids is 1. The second kappa shape index (κ2) is 5.43. The van der Waals surface area contributed by atoms with Crippen LogP contribution in [0, 0.1) is 11.8 Å². The van der Waals surface area contributed by atoms with Crippen LogP contribution in [0.25, 0.3) is 0 Å². The summed E-state index contributed by atoms with van der Waals surface area (Å²) in [5, 5.41) is 3.48. The first kappa shape index (κ1) is 13.3. The van der Waals surface area contributed by atoms with Crippen molar-refractivity contribution in [3.63, 3.8) is 0 Å². The van der Waals surface area contributed by atoms with Gasteiger partial charge in [0.15, 0.2) is 0 Å². The molecule has 2 atom stereocenters. The Balaban J connectivity index is 1.40. The maximum atomic E-state index is 12.6. The quantitative estimate of drug-likeness (QED) is 0.884. The van der Waals surface area contributed by atoms with E-state index < -0.39 is 0 Å². The number of benzene rings is 1. The molecule has 0 bridgehead atoms. The Morgan fingerprint density at radius 3 is 3.00 bits per heavy atom. The van der Waals surface area contributed by atoms with E-state index in [2.05, 4.69) is 28.4 Å². The molecule has 0 spiro atoms. The van der Waals surface area contributed by atoms with Crippen molar-refractivity contribution in [3.8, 4) is 0 Å². The van der Waals surface area contributed by atoms with Crippen molar-refractivity contribution >= 4 is 11.6 Å². The third-order valence-corrected chi connectivity index (χ3v) is 5.34. The Morgan fingerprint density at radius 1 is 1.19 bits per heavy atom. The number of hydrogen-bond donors (Lipinski definition) is 1. The number of carbonyl (C=O) groups is 1. The first-order valence-electron chi connectivity index (χ1n) is 8.12. The molecule has 0 aromatic heterocycles. The molecule has 1 amide bonds. The van der Waals surface area contributed by atoms with Crippen LogP contribution in [0.2, 0.25) is 0 Å². The fraction of sp³-hybridized carbons (Fsp3) is 0.588. The number of amides is 1. The van der Waals surface area contributed by atoms with Crippen molar-refractivity contribution in [2.24, 2.45) is 11.8 Å². The zero-order valence-corrected chi connectivity index (χ0v) is 12.4. The smallest absolute Gasteiger partial charge is 0.241 e. The minimum Gasteiger partial charge on any atom is -0.316 e. The molecule has 21 heavy (non-hydrogen) atoms. The van der Waals surface area contributed by atoms with Crippen LogP contribution in [-0.4, -0.2) is 50.1 Å². The number of fused-ring (bicyclic) bond motifs is 2. The number of anilines is 1. The van der Waals surface area contributed by atoms with E-state index in [0.717, 1.165) is 50.1 Å². The van der Waals surface area contributed by atoms with Crippen LogP contribution in [0.4, 0.5) is 5.69 Å². The highest BCUT2D eigenvalue weighted by atomic mass is 16.2. The van der Waals surface area contributed by atoms with E-state index in [0.29, 0.717) is 6.54 Å². The molecular weight excluding hydrogens is 262 g/mol. The Hall–Kier alpha value is -1.39. The highest BCUT2D eigenvalue weighted by molar-refractivity contribution is 5.96. The highest BCUT2D eigenvalue weighted by Crippen LogP contribution is 2.29. The largest absolute Gasteiger partial charge is 0.316 e. The van der Waals surface area contributed by atoms with Crippen LogP contribution in [0.5, 0.6) is 0 Å². The molecule has 2 fully saturated rings. The van der Waals surface area contributed by atoms with E-state index in [4.69, 9.17) is 0 Å². The lowest BCUT2D eigenvalue weighted by Crippen LogP contribution is -2.46. The third-order valence-electron chi connectivity index (χ3n) is 5.34. The van der Waals surface area contributed by atoms with Gasteiger partial charge in [-0.2, -0.15) is 0 Å².